The molecule has 0 amide bonds. The van der Waals surface area contributed by atoms with Crippen LogP contribution in [0, 0.1) is 19.7 Å². The Morgan fingerprint density at radius 3 is 2.44 bits per heavy atom. The summed E-state index contributed by atoms with van der Waals surface area (Å²) in [6.07, 6.45) is 0. The molecule has 3 heteroatoms. The lowest BCUT2D eigenvalue weighted by Gasteiger charge is -2.39. The Morgan fingerprint density at radius 2 is 1.89 bits per heavy atom. The first-order chi connectivity index (χ1) is 8.37. The van der Waals surface area contributed by atoms with Crippen LogP contribution in [0.5, 0.6) is 0 Å². The van der Waals surface area contributed by atoms with Crippen LogP contribution in [-0.4, -0.2) is 30.1 Å². The van der Waals surface area contributed by atoms with Crippen molar-refractivity contribution in [3.63, 3.8) is 0 Å². The van der Waals surface area contributed by atoms with E-state index in [9.17, 15) is 4.39 Å². The number of piperazine rings is 1. The third-order valence-electron chi connectivity index (χ3n) is 3.55. The number of nitrogens with one attached hydrogen (secondary N) is 1. The van der Waals surface area contributed by atoms with Gasteiger partial charge in [0.05, 0.1) is 0 Å². The second-order valence-corrected chi connectivity index (χ2v) is 6.06. The van der Waals surface area contributed by atoms with Gasteiger partial charge in [-0.25, -0.2) is 4.39 Å². The first kappa shape index (κ1) is 13.5. The summed E-state index contributed by atoms with van der Waals surface area (Å²) < 4.78 is 13.6. The molecule has 100 valence electrons. The maximum Gasteiger partial charge on any atom is 0.129 e. The predicted octanol–water partition coefficient (Wildman–Crippen LogP) is 2.63. The van der Waals surface area contributed by atoms with Gasteiger partial charge in [-0.05, 0) is 44.4 Å². The minimum Gasteiger partial charge on any atom is -0.309 e. The van der Waals surface area contributed by atoms with Gasteiger partial charge in [0.15, 0.2) is 0 Å². The van der Waals surface area contributed by atoms with Gasteiger partial charge in [0, 0.05) is 31.7 Å². The molecule has 1 aliphatic rings. The van der Waals surface area contributed by atoms with Crippen molar-refractivity contribution in [2.24, 2.45) is 0 Å². The molecule has 1 fully saturated rings. The maximum atomic E-state index is 13.6. The summed E-state index contributed by atoms with van der Waals surface area (Å²) in [4.78, 5) is 2.43. The van der Waals surface area contributed by atoms with Crippen LogP contribution in [0.2, 0.25) is 0 Å². The van der Waals surface area contributed by atoms with E-state index in [1.165, 1.54) is 5.56 Å². The molecular formula is C15H23FN2. The highest BCUT2D eigenvalue weighted by molar-refractivity contribution is 5.30. The molecule has 0 atom stereocenters. The summed E-state index contributed by atoms with van der Waals surface area (Å²) in [6.45, 7) is 12.1. The normalized spacial score (nSPS) is 20.1. The number of halogens is 1. The summed E-state index contributed by atoms with van der Waals surface area (Å²) in [5.41, 5.74) is 2.88. The Hall–Kier alpha value is -0.930. The zero-order valence-corrected chi connectivity index (χ0v) is 11.8. The van der Waals surface area contributed by atoms with Crippen LogP contribution >= 0.6 is 0 Å². The molecular weight excluding hydrogens is 227 g/mol. The highest BCUT2D eigenvalue weighted by Gasteiger charge is 2.25. The summed E-state index contributed by atoms with van der Waals surface area (Å²) in [5, 5.41) is 3.50. The molecule has 0 radical (unpaired) electrons. The molecule has 1 aliphatic heterocycles. The Balaban J connectivity index is 2.10. The SMILES string of the molecule is Cc1cc(CN2CCNC(C)(C)C2)cc(C)c1F. The maximum absolute atomic E-state index is 13.6. The van der Waals surface area contributed by atoms with Crippen LogP contribution in [0.4, 0.5) is 4.39 Å². The fraction of sp³-hybridized carbons (Fsp3) is 0.600. The van der Waals surface area contributed by atoms with Crippen molar-refractivity contribution in [1.29, 1.82) is 0 Å². The monoisotopic (exact) mass is 250 g/mol. The van der Waals surface area contributed by atoms with Gasteiger partial charge in [0.1, 0.15) is 5.82 Å². The Bertz CT molecular complexity index is 417. The Labute approximate surface area is 109 Å². The molecule has 1 N–H and O–H groups in total. The number of aryl methyl sites for hydroxylation is 2. The van der Waals surface area contributed by atoms with Gasteiger partial charge in [-0.15, -0.1) is 0 Å². The lowest BCUT2D eigenvalue weighted by Crippen LogP contribution is -2.56. The predicted molar refractivity (Wildman–Crippen MR) is 73.2 cm³/mol. The minimum absolute atomic E-state index is 0.0700. The lowest BCUT2D eigenvalue weighted by atomic mass is 10.0. The van der Waals surface area contributed by atoms with E-state index in [4.69, 9.17) is 0 Å². The van der Waals surface area contributed by atoms with Crippen molar-refractivity contribution >= 4 is 0 Å². The largest absolute Gasteiger partial charge is 0.309 e. The van der Waals surface area contributed by atoms with Gasteiger partial charge in [0.25, 0.3) is 0 Å². The molecule has 0 spiro atoms. The average molecular weight is 250 g/mol. The van der Waals surface area contributed by atoms with Gasteiger partial charge < -0.3 is 5.32 Å². The molecule has 1 heterocycles. The standard InChI is InChI=1S/C15H23FN2/c1-11-7-13(8-12(2)14(11)16)9-18-6-5-17-15(3,4)10-18/h7-8,17H,5-6,9-10H2,1-4H3. The molecule has 0 aliphatic carbocycles. The summed E-state index contributed by atoms with van der Waals surface area (Å²) >= 11 is 0. The molecule has 1 aromatic carbocycles. The highest BCUT2D eigenvalue weighted by atomic mass is 19.1. The topological polar surface area (TPSA) is 15.3 Å². The average Bonchev–Trinajstić information content (AvgIpc) is 2.24. The zero-order valence-electron chi connectivity index (χ0n) is 11.8. The fourth-order valence-electron chi connectivity index (χ4n) is 2.77. The van der Waals surface area contributed by atoms with Crippen LogP contribution in [0.1, 0.15) is 30.5 Å². The van der Waals surface area contributed by atoms with Gasteiger partial charge in [-0.3, -0.25) is 4.90 Å². The lowest BCUT2D eigenvalue weighted by molar-refractivity contribution is 0.148. The molecule has 1 saturated heterocycles. The van der Waals surface area contributed by atoms with E-state index in [-0.39, 0.29) is 11.4 Å². The van der Waals surface area contributed by atoms with Crippen molar-refractivity contribution in [2.45, 2.75) is 39.8 Å². The first-order valence-electron chi connectivity index (χ1n) is 6.60. The van der Waals surface area contributed by atoms with E-state index in [0.29, 0.717) is 0 Å². The van der Waals surface area contributed by atoms with Crippen molar-refractivity contribution in [2.75, 3.05) is 19.6 Å². The molecule has 2 nitrogen and oxygen atoms in total. The van der Waals surface area contributed by atoms with Crippen molar-refractivity contribution in [1.82, 2.24) is 10.2 Å². The van der Waals surface area contributed by atoms with E-state index >= 15 is 0 Å². The van der Waals surface area contributed by atoms with E-state index in [1.54, 1.807) is 0 Å². The molecule has 0 aromatic heterocycles. The van der Waals surface area contributed by atoms with E-state index in [1.807, 2.05) is 26.0 Å². The number of benzene rings is 1. The second kappa shape index (κ2) is 4.98. The van der Waals surface area contributed by atoms with Gasteiger partial charge in [0.2, 0.25) is 0 Å². The zero-order chi connectivity index (χ0) is 13.3. The summed E-state index contributed by atoms with van der Waals surface area (Å²) in [6, 6.07) is 3.94. The molecule has 2 rings (SSSR count). The van der Waals surface area contributed by atoms with Crippen molar-refractivity contribution in [3.8, 4) is 0 Å². The van der Waals surface area contributed by atoms with Crippen LogP contribution in [0.15, 0.2) is 12.1 Å². The Morgan fingerprint density at radius 1 is 1.28 bits per heavy atom. The second-order valence-electron chi connectivity index (χ2n) is 6.06. The van der Waals surface area contributed by atoms with Gasteiger partial charge >= 0.3 is 0 Å². The number of nitrogens with zero attached hydrogens (tertiary/aromatic N) is 1. The van der Waals surface area contributed by atoms with Crippen molar-refractivity contribution < 1.29 is 4.39 Å². The van der Waals surface area contributed by atoms with Crippen LogP contribution in [0.25, 0.3) is 0 Å². The van der Waals surface area contributed by atoms with E-state index < -0.39 is 0 Å². The number of hydrogen-bond donors (Lipinski definition) is 1. The van der Waals surface area contributed by atoms with E-state index in [0.717, 1.165) is 37.3 Å². The van der Waals surface area contributed by atoms with E-state index in [2.05, 4.69) is 24.1 Å². The van der Waals surface area contributed by atoms with Gasteiger partial charge in [-0.1, -0.05) is 12.1 Å². The Kier molecular flexibility index (Phi) is 3.74. The molecule has 0 saturated carbocycles. The third-order valence-corrected chi connectivity index (χ3v) is 3.55. The quantitative estimate of drug-likeness (QED) is 0.868. The summed E-state index contributed by atoms with van der Waals surface area (Å²) in [5.74, 6) is -0.0700. The smallest absolute Gasteiger partial charge is 0.129 e. The molecule has 0 unspecified atom stereocenters. The molecule has 1 aromatic rings. The third kappa shape index (κ3) is 3.09. The summed E-state index contributed by atoms with van der Waals surface area (Å²) in [7, 11) is 0. The first-order valence-corrected chi connectivity index (χ1v) is 6.60. The highest BCUT2D eigenvalue weighted by Crippen LogP contribution is 2.18. The number of hydrogen-bond acceptors (Lipinski definition) is 2. The van der Waals surface area contributed by atoms with Crippen molar-refractivity contribution in [3.05, 3.63) is 34.6 Å². The number of rotatable bonds is 2. The minimum atomic E-state index is -0.0700. The molecule has 18 heavy (non-hydrogen) atoms. The van der Waals surface area contributed by atoms with Crippen LogP contribution in [-0.2, 0) is 6.54 Å². The van der Waals surface area contributed by atoms with Gasteiger partial charge in [-0.2, -0.15) is 0 Å². The van der Waals surface area contributed by atoms with Crippen LogP contribution < -0.4 is 5.32 Å². The van der Waals surface area contributed by atoms with Crippen LogP contribution in [0.3, 0.4) is 0 Å². The fourth-order valence-corrected chi connectivity index (χ4v) is 2.77. The molecule has 0 bridgehead atoms.